The van der Waals surface area contributed by atoms with E-state index in [0.29, 0.717) is 11.5 Å². The number of anilines is 1. The first-order valence-electron chi connectivity index (χ1n) is 8.20. The smallest absolute Gasteiger partial charge is 0.161 e. The van der Waals surface area contributed by atoms with Crippen molar-refractivity contribution in [1.82, 2.24) is 9.66 Å². The molecule has 0 saturated heterocycles. The Balaban J connectivity index is 1.87. The van der Waals surface area contributed by atoms with Crippen LogP contribution in [0.5, 0.6) is 11.5 Å². The predicted octanol–water partition coefficient (Wildman–Crippen LogP) is 3.52. The minimum atomic E-state index is 0.655. The van der Waals surface area contributed by atoms with Crippen molar-refractivity contribution in [3.63, 3.8) is 0 Å². The maximum atomic E-state index is 5.37. The Morgan fingerprint density at radius 3 is 2.38 bits per heavy atom. The molecule has 0 unspecified atom stereocenters. The Labute approximate surface area is 153 Å². The van der Waals surface area contributed by atoms with Gasteiger partial charge < -0.3 is 14.4 Å². The van der Waals surface area contributed by atoms with E-state index in [1.54, 1.807) is 25.1 Å². The van der Waals surface area contributed by atoms with Crippen LogP contribution in [0.1, 0.15) is 5.56 Å². The van der Waals surface area contributed by atoms with E-state index in [-0.39, 0.29) is 0 Å². The highest BCUT2D eigenvalue weighted by Gasteiger charge is 2.10. The standard InChI is InChI=1S/C20H22N4O2/c1-23(2)17-8-5-15(6-9-17)14-22-24-12-11-21-20(24)16-7-10-18(25-3)19(13-16)26-4/h5-14H,1-4H3/b22-14+. The quantitative estimate of drug-likeness (QED) is 0.638. The van der Waals surface area contributed by atoms with Crippen molar-refractivity contribution in [3.8, 4) is 22.9 Å². The van der Waals surface area contributed by atoms with Gasteiger partial charge in [0.2, 0.25) is 0 Å². The van der Waals surface area contributed by atoms with Gasteiger partial charge >= 0.3 is 0 Å². The average Bonchev–Trinajstić information content (AvgIpc) is 3.14. The van der Waals surface area contributed by atoms with Gasteiger partial charge in [-0.15, -0.1) is 0 Å². The third kappa shape index (κ3) is 3.69. The summed E-state index contributed by atoms with van der Waals surface area (Å²) in [4.78, 5) is 6.47. The number of imidazole rings is 1. The van der Waals surface area contributed by atoms with Gasteiger partial charge in [-0.1, -0.05) is 12.1 Å². The van der Waals surface area contributed by atoms with Crippen LogP contribution in [0.4, 0.5) is 5.69 Å². The van der Waals surface area contributed by atoms with Crippen molar-refractivity contribution < 1.29 is 9.47 Å². The van der Waals surface area contributed by atoms with Crippen molar-refractivity contribution in [2.75, 3.05) is 33.2 Å². The lowest BCUT2D eigenvalue weighted by atomic mass is 10.2. The summed E-state index contributed by atoms with van der Waals surface area (Å²) in [5.41, 5.74) is 3.06. The Kier molecular flexibility index (Phi) is 5.22. The lowest BCUT2D eigenvalue weighted by molar-refractivity contribution is 0.355. The van der Waals surface area contributed by atoms with Crippen LogP contribution in [0.25, 0.3) is 11.4 Å². The monoisotopic (exact) mass is 350 g/mol. The molecule has 6 nitrogen and oxygen atoms in total. The van der Waals surface area contributed by atoms with Crippen LogP contribution < -0.4 is 14.4 Å². The van der Waals surface area contributed by atoms with Gasteiger partial charge in [0.1, 0.15) is 0 Å². The molecule has 6 heteroatoms. The first-order valence-corrected chi connectivity index (χ1v) is 8.20. The second-order valence-electron chi connectivity index (χ2n) is 5.90. The summed E-state index contributed by atoms with van der Waals surface area (Å²) in [7, 11) is 7.27. The summed E-state index contributed by atoms with van der Waals surface area (Å²) >= 11 is 0. The Morgan fingerprint density at radius 2 is 1.73 bits per heavy atom. The number of rotatable bonds is 6. The van der Waals surface area contributed by atoms with E-state index in [9.17, 15) is 0 Å². The molecule has 0 N–H and O–H groups in total. The van der Waals surface area contributed by atoms with E-state index in [4.69, 9.17) is 9.47 Å². The fourth-order valence-electron chi connectivity index (χ4n) is 2.56. The van der Waals surface area contributed by atoms with Crippen LogP contribution in [-0.4, -0.2) is 44.2 Å². The Hall–Kier alpha value is -3.28. The summed E-state index contributed by atoms with van der Waals surface area (Å²) < 4.78 is 12.4. The van der Waals surface area contributed by atoms with E-state index in [1.165, 1.54) is 0 Å². The Morgan fingerprint density at radius 1 is 1.00 bits per heavy atom. The van der Waals surface area contributed by atoms with Crippen molar-refractivity contribution in [2.24, 2.45) is 5.10 Å². The van der Waals surface area contributed by atoms with Crippen molar-refractivity contribution >= 4 is 11.9 Å². The average molecular weight is 350 g/mol. The van der Waals surface area contributed by atoms with E-state index < -0.39 is 0 Å². The molecule has 0 aliphatic heterocycles. The number of nitrogens with zero attached hydrogens (tertiary/aromatic N) is 4. The van der Waals surface area contributed by atoms with Gasteiger partial charge in [0, 0.05) is 37.7 Å². The molecule has 0 amide bonds. The summed E-state index contributed by atoms with van der Waals surface area (Å²) in [6.45, 7) is 0. The first kappa shape index (κ1) is 17.5. The largest absolute Gasteiger partial charge is 0.493 e. The zero-order valence-electron chi connectivity index (χ0n) is 15.4. The molecule has 26 heavy (non-hydrogen) atoms. The minimum absolute atomic E-state index is 0.655. The fourth-order valence-corrected chi connectivity index (χ4v) is 2.56. The third-order valence-electron chi connectivity index (χ3n) is 4.00. The van der Waals surface area contributed by atoms with Gasteiger partial charge in [-0.3, -0.25) is 0 Å². The summed E-state index contributed by atoms with van der Waals surface area (Å²) in [6.07, 6.45) is 5.35. The van der Waals surface area contributed by atoms with Crippen molar-refractivity contribution in [3.05, 3.63) is 60.4 Å². The van der Waals surface area contributed by atoms with Crippen LogP contribution in [-0.2, 0) is 0 Å². The molecule has 0 aliphatic rings. The second kappa shape index (κ2) is 7.74. The topological polar surface area (TPSA) is 51.9 Å². The molecule has 134 valence electrons. The minimum Gasteiger partial charge on any atom is -0.493 e. The molecule has 0 bridgehead atoms. The summed E-state index contributed by atoms with van der Waals surface area (Å²) in [5.74, 6) is 2.06. The molecule has 2 aromatic carbocycles. The molecule has 0 atom stereocenters. The van der Waals surface area contributed by atoms with E-state index >= 15 is 0 Å². The molecule has 1 heterocycles. The number of hydrogen-bond acceptors (Lipinski definition) is 5. The van der Waals surface area contributed by atoms with Crippen molar-refractivity contribution in [1.29, 1.82) is 0 Å². The molecule has 3 rings (SSSR count). The predicted molar refractivity (Wildman–Crippen MR) is 105 cm³/mol. The zero-order valence-corrected chi connectivity index (χ0v) is 15.4. The van der Waals surface area contributed by atoms with Crippen LogP contribution in [0, 0.1) is 0 Å². The summed E-state index contributed by atoms with van der Waals surface area (Å²) in [5, 5.41) is 4.53. The number of ether oxygens (including phenoxy) is 2. The number of benzene rings is 2. The number of methoxy groups -OCH3 is 2. The SMILES string of the molecule is COc1ccc(-c2nccn2/N=C/c2ccc(N(C)C)cc2)cc1OC. The first-order chi connectivity index (χ1) is 12.6. The molecule has 0 radical (unpaired) electrons. The number of aromatic nitrogens is 2. The van der Waals surface area contributed by atoms with E-state index in [0.717, 1.165) is 22.6 Å². The van der Waals surface area contributed by atoms with Crippen LogP contribution in [0.15, 0.2) is 60.0 Å². The highest BCUT2D eigenvalue weighted by molar-refractivity contribution is 5.80. The van der Waals surface area contributed by atoms with E-state index in [1.807, 2.05) is 56.8 Å². The normalized spacial score (nSPS) is 10.9. The lowest BCUT2D eigenvalue weighted by Crippen LogP contribution is -2.08. The van der Waals surface area contributed by atoms with Gasteiger partial charge in [-0.05, 0) is 35.9 Å². The van der Waals surface area contributed by atoms with Gasteiger partial charge in [-0.25, -0.2) is 9.66 Å². The van der Waals surface area contributed by atoms with Gasteiger partial charge in [-0.2, -0.15) is 5.10 Å². The van der Waals surface area contributed by atoms with Crippen LogP contribution in [0.3, 0.4) is 0 Å². The highest BCUT2D eigenvalue weighted by atomic mass is 16.5. The molecule has 1 aromatic heterocycles. The van der Waals surface area contributed by atoms with Crippen LogP contribution in [0.2, 0.25) is 0 Å². The molecule has 3 aromatic rings. The highest BCUT2D eigenvalue weighted by Crippen LogP contribution is 2.31. The fraction of sp³-hybridized carbons (Fsp3) is 0.200. The molecule has 0 aliphatic carbocycles. The van der Waals surface area contributed by atoms with Crippen LogP contribution >= 0.6 is 0 Å². The second-order valence-corrected chi connectivity index (χ2v) is 5.90. The molecule has 0 spiro atoms. The lowest BCUT2D eigenvalue weighted by Gasteiger charge is -2.11. The summed E-state index contributed by atoms with van der Waals surface area (Å²) in [6, 6.07) is 13.9. The van der Waals surface area contributed by atoms with Gasteiger partial charge in [0.05, 0.1) is 20.4 Å². The molecule has 0 saturated carbocycles. The zero-order chi connectivity index (χ0) is 18.5. The van der Waals surface area contributed by atoms with Crippen molar-refractivity contribution in [2.45, 2.75) is 0 Å². The maximum absolute atomic E-state index is 5.37. The molecular formula is C20H22N4O2. The Bertz CT molecular complexity index is 898. The van der Waals surface area contributed by atoms with Gasteiger partial charge in [0.15, 0.2) is 17.3 Å². The molecule has 0 fully saturated rings. The third-order valence-corrected chi connectivity index (χ3v) is 4.00. The van der Waals surface area contributed by atoms with Gasteiger partial charge in [0.25, 0.3) is 0 Å². The molecular weight excluding hydrogens is 328 g/mol. The number of hydrogen-bond donors (Lipinski definition) is 0. The van der Waals surface area contributed by atoms with E-state index in [2.05, 4.69) is 27.1 Å². The maximum Gasteiger partial charge on any atom is 0.161 e.